The minimum absolute atomic E-state index is 0.0227. The first-order chi connectivity index (χ1) is 27.8. The summed E-state index contributed by atoms with van der Waals surface area (Å²) < 4.78 is 38.0. The Morgan fingerprint density at radius 3 is 2.40 bits per heavy atom. The zero-order valence-electron chi connectivity index (χ0n) is 31.8. The maximum absolute atomic E-state index is 13.8. The molecule has 5 rings (SSSR count). The minimum Gasteiger partial charge on any atom is -0.507 e. The molecule has 3 heterocycles. The second-order valence-electron chi connectivity index (χ2n) is 13.2. The van der Waals surface area contributed by atoms with Gasteiger partial charge in [-0.3, -0.25) is 14.4 Å². The van der Waals surface area contributed by atoms with Gasteiger partial charge in [-0.2, -0.15) is 0 Å². The van der Waals surface area contributed by atoms with Crippen LogP contribution >= 0.6 is 0 Å². The molecule has 0 saturated carbocycles. The number of aromatic nitrogens is 3. The van der Waals surface area contributed by atoms with Crippen molar-refractivity contribution in [2.24, 2.45) is 0 Å². The predicted molar refractivity (Wildman–Crippen MR) is 198 cm³/mol. The summed E-state index contributed by atoms with van der Waals surface area (Å²) in [6.07, 6.45) is -4.50. The van der Waals surface area contributed by atoms with Crippen molar-refractivity contribution in [3.63, 3.8) is 0 Å². The average Bonchev–Trinajstić information content (AvgIpc) is 3.66. The van der Waals surface area contributed by atoms with E-state index >= 15 is 0 Å². The molecule has 1 aliphatic heterocycles. The van der Waals surface area contributed by atoms with Crippen LogP contribution < -0.4 is 19.7 Å². The third-order valence-electron chi connectivity index (χ3n) is 8.70. The van der Waals surface area contributed by atoms with E-state index in [-0.39, 0.29) is 67.5 Å². The minimum atomic E-state index is -1.57. The van der Waals surface area contributed by atoms with E-state index in [9.17, 15) is 45.0 Å². The van der Waals surface area contributed by atoms with E-state index in [1.165, 1.54) is 13.3 Å². The van der Waals surface area contributed by atoms with Crippen molar-refractivity contribution in [2.45, 2.75) is 70.4 Å². The molecule has 20 nitrogen and oxygen atoms in total. The molecule has 1 fully saturated rings. The number of carbonyl (C=O) groups is 2. The molecular formula is C38H45N3O17. The molecule has 2 aromatic heterocycles. The van der Waals surface area contributed by atoms with Crippen LogP contribution in [0.1, 0.15) is 37.9 Å². The monoisotopic (exact) mass is 815 g/mol. The van der Waals surface area contributed by atoms with Crippen LogP contribution in [-0.2, 0) is 41.6 Å². The number of fused-ring (bicyclic) bond motifs is 1. The summed E-state index contributed by atoms with van der Waals surface area (Å²) in [5.41, 5.74) is 0.903. The first kappa shape index (κ1) is 43.5. The van der Waals surface area contributed by atoms with Crippen LogP contribution in [-0.4, -0.2) is 129 Å². The lowest BCUT2D eigenvalue weighted by Gasteiger charge is -2.39. The highest BCUT2D eigenvalue weighted by atomic mass is 16.7. The highest BCUT2D eigenvalue weighted by molar-refractivity contribution is 5.92. The summed E-state index contributed by atoms with van der Waals surface area (Å²) in [6, 6.07) is 7.37. The number of aliphatic hydroxyl groups is 4. The van der Waals surface area contributed by atoms with E-state index in [0.717, 1.165) is 16.5 Å². The van der Waals surface area contributed by atoms with E-state index in [0.29, 0.717) is 17.0 Å². The second-order valence-corrected chi connectivity index (χ2v) is 13.2. The van der Waals surface area contributed by atoms with Gasteiger partial charge in [0.2, 0.25) is 11.2 Å². The van der Waals surface area contributed by atoms with Crippen molar-refractivity contribution in [1.29, 1.82) is 0 Å². The normalized spacial score (nSPS) is 19.1. The van der Waals surface area contributed by atoms with Crippen LogP contribution in [0.25, 0.3) is 22.3 Å². The molecule has 0 bridgehead atoms. The Balaban J connectivity index is 1.09. The molecule has 314 valence electrons. The van der Waals surface area contributed by atoms with Gasteiger partial charge < -0.3 is 68.3 Å². The fourth-order valence-electron chi connectivity index (χ4n) is 5.64. The first-order valence-electron chi connectivity index (χ1n) is 18.0. The number of aromatic hydroxyl groups is 2. The van der Waals surface area contributed by atoms with Gasteiger partial charge in [0.25, 0.3) is 0 Å². The third kappa shape index (κ3) is 10.9. The quantitative estimate of drug-likeness (QED) is 0.0431. The van der Waals surface area contributed by atoms with Gasteiger partial charge in [-0.15, -0.1) is 5.10 Å². The highest BCUT2D eigenvalue weighted by Gasteiger charge is 2.44. The molecule has 0 unspecified atom stereocenters. The number of esters is 2. The standard InChI is InChI=1S/C38H45N3O17/c1-20(2)4-9-24-25(43)16-26(44)30-32(48)37(35(58-36(24)30)21-5-7-23(51-3)8-6-21)57-29(46)11-10-28(45)53-13-12-52-19-22-17-41(40-39-22)55-15-14-54-38-34(50)33(49)31(47)27(18-42)56-38/h4-8,16-17,27,31,33-34,38,42-44,47,49-50H,9-15,18-19H2,1-3H3/t27-,31-,33+,34-,38-/m1/s1. The molecule has 0 spiro atoms. The molecule has 4 aromatic rings. The molecule has 6 N–H and O–H groups in total. The average molecular weight is 816 g/mol. The van der Waals surface area contributed by atoms with Crippen LogP contribution in [0.15, 0.2) is 57.4 Å². The highest BCUT2D eigenvalue weighted by Crippen LogP contribution is 2.39. The van der Waals surface area contributed by atoms with Crippen molar-refractivity contribution in [1.82, 2.24) is 15.2 Å². The van der Waals surface area contributed by atoms with Crippen molar-refractivity contribution < 1.29 is 77.9 Å². The second kappa shape index (κ2) is 20.2. The number of hydrogen-bond acceptors (Lipinski definition) is 19. The van der Waals surface area contributed by atoms with E-state index in [2.05, 4.69) is 10.3 Å². The smallest absolute Gasteiger partial charge is 0.312 e. The summed E-state index contributed by atoms with van der Waals surface area (Å²) in [5, 5.41) is 67.7. The number of nitrogens with zero attached hydrogens (tertiary/aromatic N) is 3. The number of methoxy groups -OCH3 is 1. The van der Waals surface area contributed by atoms with Gasteiger partial charge in [0.05, 0.1) is 52.6 Å². The number of rotatable bonds is 19. The molecule has 0 radical (unpaired) electrons. The van der Waals surface area contributed by atoms with Crippen LogP contribution in [0.3, 0.4) is 0 Å². The Morgan fingerprint density at radius 1 is 0.948 bits per heavy atom. The van der Waals surface area contributed by atoms with Gasteiger partial charge in [-0.05, 0) is 49.7 Å². The molecule has 2 aromatic carbocycles. The lowest BCUT2D eigenvalue weighted by Crippen LogP contribution is -2.59. The molecular weight excluding hydrogens is 770 g/mol. The van der Waals surface area contributed by atoms with E-state index in [4.69, 9.17) is 37.7 Å². The van der Waals surface area contributed by atoms with Crippen LogP contribution in [0.2, 0.25) is 0 Å². The van der Waals surface area contributed by atoms with Crippen molar-refractivity contribution in [3.05, 3.63) is 69.7 Å². The Bertz CT molecular complexity index is 2110. The summed E-state index contributed by atoms with van der Waals surface area (Å²) in [6.45, 7) is 2.72. The molecule has 5 atom stereocenters. The molecule has 0 amide bonds. The van der Waals surface area contributed by atoms with Gasteiger partial charge in [0.1, 0.15) is 71.5 Å². The number of allylic oxidation sites excluding steroid dienone is 2. The molecule has 58 heavy (non-hydrogen) atoms. The zero-order valence-corrected chi connectivity index (χ0v) is 31.8. The summed E-state index contributed by atoms with van der Waals surface area (Å²) in [4.78, 5) is 45.6. The lowest BCUT2D eigenvalue weighted by molar-refractivity contribution is -0.302. The zero-order chi connectivity index (χ0) is 41.9. The lowest BCUT2D eigenvalue weighted by atomic mass is 9.99. The van der Waals surface area contributed by atoms with Crippen molar-refractivity contribution in [3.8, 4) is 34.3 Å². The molecule has 0 aliphatic carbocycles. The van der Waals surface area contributed by atoms with Crippen LogP contribution in [0.5, 0.6) is 23.0 Å². The molecule has 1 aliphatic rings. The number of ether oxygens (including phenoxy) is 6. The third-order valence-corrected chi connectivity index (χ3v) is 8.70. The Morgan fingerprint density at radius 2 is 1.69 bits per heavy atom. The van der Waals surface area contributed by atoms with Gasteiger partial charge >= 0.3 is 11.9 Å². The van der Waals surface area contributed by atoms with E-state index in [1.54, 1.807) is 24.3 Å². The fraction of sp³-hybridized carbons (Fsp3) is 0.447. The molecule has 20 heteroatoms. The number of phenols is 2. The number of phenolic OH excluding ortho intramolecular Hbond substituents is 2. The Hall–Kier alpha value is -5.61. The van der Waals surface area contributed by atoms with Gasteiger partial charge in [-0.1, -0.05) is 16.5 Å². The van der Waals surface area contributed by atoms with Crippen LogP contribution in [0.4, 0.5) is 0 Å². The summed E-state index contributed by atoms with van der Waals surface area (Å²) in [7, 11) is 1.48. The topological polar surface area (TPSA) is 281 Å². The summed E-state index contributed by atoms with van der Waals surface area (Å²) >= 11 is 0. The fourth-order valence-corrected chi connectivity index (χ4v) is 5.64. The largest absolute Gasteiger partial charge is 0.507 e. The van der Waals surface area contributed by atoms with Gasteiger partial charge in [0, 0.05) is 17.2 Å². The predicted octanol–water partition coefficient (Wildman–Crippen LogP) is 0.671. The van der Waals surface area contributed by atoms with Crippen molar-refractivity contribution >= 4 is 22.9 Å². The number of hydrogen-bond donors (Lipinski definition) is 6. The maximum atomic E-state index is 13.8. The van der Waals surface area contributed by atoms with Crippen molar-refractivity contribution in [2.75, 3.05) is 40.1 Å². The number of carbonyl (C=O) groups excluding carboxylic acids is 2. The van der Waals surface area contributed by atoms with E-state index in [1.807, 2.05) is 19.9 Å². The molecule has 1 saturated heterocycles. The first-order valence-corrected chi connectivity index (χ1v) is 18.0. The number of aliphatic hydroxyl groups excluding tert-OH is 4. The SMILES string of the molecule is COc1ccc(-c2oc3c(CC=C(C)C)c(O)cc(O)c3c(=O)c2OC(=O)CCC(=O)OCCOCc2cn(OCCO[C@@H]3O[C@H](CO)[C@@H](O)[C@H](O)[C@H]3O)nn2)cc1. The Labute approximate surface area is 330 Å². The van der Waals surface area contributed by atoms with Gasteiger partial charge in [0.15, 0.2) is 12.1 Å². The Kier molecular flexibility index (Phi) is 15.1. The van der Waals surface area contributed by atoms with Crippen LogP contribution in [0, 0.1) is 0 Å². The maximum Gasteiger partial charge on any atom is 0.312 e. The summed E-state index contributed by atoms with van der Waals surface area (Å²) in [5.74, 6) is -2.75. The van der Waals surface area contributed by atoms with Gasteiger partial charge in [-0.25, -0.2) is 0 Å². The number of benzene rings is 2. The van der Waals surface area contributed by atoms with E-state index < -0.39 is 79.0 Å².